The second-order valence-corrected chi connectivity index (χ2v) is 10.5. The number of nitrogens with zero attached hydrogens (tertiary/aromatic N) is 3. The molecule has 0 saturated carbocycles. The second kappa shape index (κ2) is 8.93. The van der Waals surface area contributed by atoms with Crippen molar-refractivity contribution in [2.24, 2.45) is 0 Å². The third-order valence-corrected chi connectivity index (χ3v) is 7.81. The van der Waals surface area contributed by atoms with Gasteiger partial charge in [0.25, 0.3) is 5.56 Å². The number of hydrogen-bond donors (Lipinski definition) is 2. The lowest BCUT2D eigenvalue weighted by molar-refractivity contribution is -0.172. The van der Waals surface area contributed by atoms with Crippen LogP contribution in [0.1, 0.15) is 48.4 Å². The van der Waals surface area contributed by atoms with Gasteiger partial charge in [-0.1, -0.05) is 6.92 Å². The normalized spacial score (nSPS) is 21.1. The van der Waals surface area contributed by atoms with Gasteiger partial charge >= 0.3 is 5.97 Å². The van der Waals surface area contributed by atoms with Gasteiger partial charge in [-0.15, -0.1) is 0 Å². The van der Waals surface area contributed by atoms with Gasteiger partial charge in [0.15, 0.2) is 5.60 Å². The molecule has 0 aliphatic carbocycles. The third-order valence-electron chi connectivity index (χ3n) is 7.81. The summed E-state index contributed by atoms with van der Waals surface area (Å²) < 4.78 is 13.3. The fourth-order valence-corrected chi connectivity index (χ4v) is 5.77. The number of carbonyl (C=O) groups excluding carboxylic acids is 1. The van der Waals surface area contributed by atoms with Crippen LogP contribution in [-0.2, 0) is 34.8 Å². The van der Waals surface area contributed by atoms with Gasteiger partial charge in [-0.05, 0) is 70.7 Å². The highest BCUT2D eigenvalue weighted by Gasteiger charge is 2.45. The number of benzene rings is 1. The van der Waals surface area contributed by atoms with Crippen LogP contribution >= 0.6 is 0 Å². The summed E-state index contributed by atoms with van der Waals surface area (Å²) in [6.45, 7) is 4.55. The van der Waals surface area contributed by atoms with Crippen LogP contribution in [0, 0.1) is 0 Å². The van der Waals surface area contributed by atoms with Gasteiger partial charge < -0.3 is 29.4 Å². The first kappa shape index (κ1) is 24.1. The van der Waals surface area contributed by atoms with Crippen molar-refractivity contribution in [2.75, 3.05) is 27.2 Å². The highest BCUT2D eigenvalue weighted by molar-refractivity contribution is 5.89. The van der Waals surface area contributed by atoms with E-state index in [0.29, 0.717) is 35.6 Å². The summed E-state index contributed by atoms with van der Waals surface area (Å²) >= 11 is 0. The molecule has 2 N–H and O–H groups in total. The molecule has 0 bridgehead atoms. The molecule has 3 aliphatic heterocycles. The number of hydrogen-bond acceptors (Lipinski definition) is 8. The van der Waals surface area contributed by atoms with Gasteiger partial charge in [0, 0.05) is 28.6 Å². The van der Waals surface area contributed by atoms with E-state index >= 15 is 0 Å². The van der Waals surface area contributed by atoms with Crippen molar-refractivity contribution in [2.45, 2.75) is 57.6 Å². The molecule has 3 aromatic rings. The Labute approximate surface area is 215 Å². The minimum Gasteiger partial charge on any atom is -0.490 e. The van der Waals surface area contributed by atoms with E-state index in [1.807, 2.05) is 26.2 Å². The van der Waals surface area contributed by atoms with Gasteiger partial charge in [0.1, 0.15) is 18.5 Å². The van der Waals surface area contributed by atoms with Crippen LogP contribution < -0.4 is 15.6 Å². The van der Waals surface area contributed by atoms with Crippen LogP contribution in [0.15, 0.2) is 29.1 Å². The molecule has 37 heavy (non-hydrogen) atoms. The molecule has 1 saturated heterocycles. The number of nitrogens with one attached hydrogen (secondary N) is 1. The minimum absolute atomic E-state index is 0.119. The molecule has 6 rings (SSSR count). The number of carbonyl (C=O) groups is 1. The molecule has 9 heteroatoms. The van der Waals surface area contributed by atoms with Crippen molar-refractivity contribution < 1.29 is 19.4 Å². The number of piperidine rings is 1. The largest absolute Gasteiger partial charge is 0.490 e. The maximum absolute atomic E-state index is 13.5. The first-order valence-corrected chi connectivity index (χ1v) is 12.9. The summed E-state index contributed by atoms with van der Waals surface area (Å²) in [5.74, 6) is 0.160. The molecule has 0 amide bonds. The first-order valence-electron chi connectivity index (χ1n) is 12.9. The van der Waals surface area contributed by atoms with E-state index in [0.717, 1.165) is 53.7 Å². The molecule has 0 spiro atoms. The third kappa shape index (κ3) is 3.84. The van der Waals surface area contributed by atoms with Crippen LogP contribution in [0.25, 0.3) is 22.3 Å². The van der Waals surface area contributed by atoms with E-state index in [4.69, 9.17) is 14.5 Å². The number of ether oxygens (including phenoxy) is 2. The van der Waals surface area contributed by atoms with Crippen molar-refractivity contribution in [3.8, 4) is 17.1 Å². The highest BCUT2D eigenvalue weighted by atomic mass is 16.6. The van der Waals surface area contributed by atoms with Gasteiger partial charge in [0.2, 0.25) is 0 Å². The molecule has 1 fully saturated rings. The van der Waals surface area contributed by atoms with Crippen molar-refractivity contribution >= 4 is 16.9 Å². The zero-order chi connectivity index (χ0) is 25.9. The maximum Gasteiger partial charge on any atom is 0.343 e. The van der Waals surface area contributed by atoms with E-state index in [9.17, 15) is 14.7 Å². The molecule has 194 valence electrons. The lowest BCUT2D eigenvalue weighted by Gasteiger charge is -2.31. The highest BCUT2D eigenvalue weighted by Crippen LogP contribution is 2.40. The molecular formula is C28H32N4O5. The number of esters is 1. The Hall–Kier alpha value is -3.27. The maximum atomic E-state index is 13.5. The van der Waals surface area contributed by atoms with E-state index in [-0.39, 0.29) is 24.7 Å². The predicted octanol–water partition coefficient (Wildman–Crippen LogP) is 2.27. The molecule has 1 atom stereocenters. The SMILES string of the molecule is CC[C@@]1(O)C(=O)OCc2c1cc1n(c2=O)Cc2cc3c(CN(C)C)c(OC4CCNCC4)ccc3nc2-1. The molecule has 0 unspecified atom stereocenters. The summed E-state index contributed by atoms with van der Waals surface area (Å²) in [5.41, 5.74) is 2.72. The summed E-state index contributed by atoms with van der Waals surface area (Å²) in [4.78, 5) is 33.0. The van der Waals surface area contributed by atoms with E-state index in [1.54, 1.807) is 17.6 Å². The van der Waals surface area contributed by atoms with Crippen LogP contribution in [-0.4, -0.2) is 58.8 Å². The number of pyridine rings is 2. The lowest BCUT2D eigenvalue weighted by Crippen LogP contribution is -2.44. The number of cyclic esters (lactones) is 1. The van der Waals surface area contributed by atoms with Gasteiger partial charge in [-0.2, -0.15) is 0 Å². The van der Waals surface area contributed by atoms with Crippen LogP contribution in [0.2, 0.25) is 0 Å². The summed E-state index contributed by atoms with van der Waals surface area (Å²) in [6, 6.07) is 7.85. The molecular weight excluding hydrogens is 472 g/mol. The number of rotatable bonds is 5. The molecule has 0 radical (unpaired) electrons. The number of fused-ring (bicyclic) bond motifs is 5. The van der Waals surface area contributed by atoms with E-state index < -0.39 is 11.6 Å². The fraction of sp³-hybridized carbons (Fsp3) is 0.464. The molecule has 5 heterocycles. The van der Waals surface area contributed by atoms with Gasteiger partial charge in [-0.3, -0.25) is 4.79 Å². The topological polar surface area (TPSA) is 106 Å². The predicted molar refractivity (Wildman–Crippen MR) is 138 cm³/mol. The Kier molecular flexibility index (Phi) is 5.82. The first-order chi connectivity index (χ1) is 17.8. The standard InChI is InChI=1S/C28H32N4O5/c1-4-28(35)21-12-23-25-16(13-32(23)26(33)20(21)15-36-27(28)34)11-18-19(14-31(2)3)24(6-5-22(18)30-25)37-17-7-9-29-10-8-17/h5-6,11-12,17,29,35H,4,7-10,13-15H2,1-3H3/t28-/m0/s1. The molecule has 1 aromatic carbocycles. The Balaban J connectivity index is 1.48. The monoisotopic (exact) mass is 504 g/mol. The van der Waals surface area contributed by atoms with Crippen molar-refractivity contribution in [1.82, 2.24) is 19.8 Å². The minimum atomic E-state index is -1.83. The zero-order valence-electron chi connectivity index (χ0n) is 21.5. The molecule has 9 nitrogen and oxygen atoms in total. The molecule has 2 aromatic heterocycles. The average molecular weight is 505 g/mol. The summed E-state index contributed by atoms with van der Waals surface area (Å²) in [5, 5.41) is 15.5. The van der Waals surface area contributed by atoms with Crippen LogP contribution in [0.5, 0.6) is 5.75 Å². The lowest BCUT2D eigenvalue weighted by atomic mass is 9.86. The van der Waals surface area contributed by atoms with E-state index in [1.165, 1.54) is 0 Å². The smallest absolute Gasteiger partial charge is 0.343 e. The van der Waals surface area contributed by atoms with Crippen LogP contribution in [0.4, 0.5) is 0 Å². The Bertz CT molecular complexity index is 1470. The quantitative estimate of drug-likeness (QED) is 0.399. The Morgan fingerprint density at radius 3 is 2.76 bits per heavy atom. The summed E-state index contributed by atoms with van der Waals surface area (Å²) in [7, 11) is 4.07. The molecule has 3 aliphatic rings. The number of aliphatic hydroxyl groups is 1. The second-order valence-electron chi connectivity index (χ2n) is 10.5. The Morgan fingerprint density at radius 1 is 1.24 bits per heavy atom. The van der Waals surface area contributed by atoms with Crippen molar-refractivity contribution in [3.05, 3.63) is 56.9 Å². The van der Waals surface area contributed by atoms with Crippen LogP contribution in [0.3, 0.4) is 0 Å². The number of aromatic nitrogens is 2. The van der Waals surface area contributed by atoms with Crippen molar-refractivity contribution in [1.29, 1.82) is 0 Å². The Morgan fingerprint density at radius 2 is 2.03 bits per heavy atom. The average Bonchev–Trinajstić information content (AvgIpc) is 3.25. The fourth-order valence-electron chi connectivity index (χ4n) is 5.77. The zero-order valence-corrected chi connectivity index (χ0v) is 21.5. The van der Waals surface area contributed by atoms with Gasteiger partial charge in [-0.25, -0.2) is 9.78 Å². The van der Waals surface area contributed by atoms with E-state index in [2.05, 4.69) is 16.3 Å². The van der Waals surface area contributed by atoms with Gasteiger partial charge in [0.05, 0.1) is 29.0 Å². The summed E-state index contributed by atoms with van der Waals surface area (Å²) in [6.07, 6.45) is 2.24. The van der Waals surface area contributed by atoms with Crippen molar-refractivity contribution in [3.63, 3.8) is 0 Å².